The number of carbonyl (C=O) groups is 13. The number of aliphatic hydroxyl groups is 1. The number of carboxylic acids is 3. The van der Waals surface area contributed by atoms with E-state index in [0.29, 0.717) is 52.2 Å². The van der Waals surface area contributed by atoms with E-state index in [1.165, 1.54) is 0 Å². The Hall–Kier alpha value is -9.49. The first-order chi connectivity index (χ1) is 43.2. The molecule has 0 saturated carbocycles. The minimum Gasteiger partial charge on any atom is -0.481 e. The molecule has 4 aromatic rings. The molecule has 2 aromatic carbocycles. The Labute approximate surface area is 524 Å². The van der Waals surface area contributed by atoms with Gasteiger partial charge in [-0.15, -0.1) is 0 Å². The highest BCUT2D eigenvalue weighted by Crippen LogP contribution is 2.22. The highest BCUT2D eigenvalue weighted by atomic mass is 16.4. The maximum absolute atomic E-state index is 14.7. The number of nitrogens with two attached hydrogens (primary N) is 3. The Morgan fingerprint density at radius 2 is 0.923 bits per heavy atom. The summed E-state index contributed by atoms with van der Waals surface area (Å²) in [4.78, 5) is 179. The van der Waals surface area contributed by atoms with Crippen LogP contribution in [0.4, 0.5) is 0 Å². The molecule has 10 atom stereocenters. The van der Waals surface area contributed by atoms with Crippen molar-refractivity contribution >= 4 is 98.8 Å². The molecule has 0 aliphatic rings. The van der Waals surface area contributed by atoms with Crippen molar-refractivity contribution in [3.05, 3.63) is 72.1 Å². The number of carboxylic acid groups (broad SMARTS) is 3. The van der Waals surface area contributed by atoms with E-state index in [1.54, 1.807) is 81.7 Å². The van der Waals surface area contributed by atoms with E-state index < -0.39 is 183 Å². The van der Waals surface area contributed by atoms with Crippen molar-refractivity contribution in [2.24, 2.45) is 29.0 Å². The van der Waals surface area contributed by atoms with Crippen LogP contribution in [-0.2, 0) is 75.2 Å². The number of nitrogens with one attached hydrogen (secondary N) is 11. The third-order valence-electron chi connectivity index (χ3n) is 15.1. The maximum Gasteiger partial charge on any atom is 0.326 e. The van der Waals surface area contributed by atoms with E-state index in [-0.39, 0.29) is 44.1 Å². The van der Waals surface area contributed by atoms with E-state index in [4.69, 9.17) is 17.2 Å². The lowest BCUT2D eigenvalue weighted by molar-refractivity contribution is -0.142. The van der Waals surface area contributed by atoms with Crippen LogP contribution >= 0.6 is 0 Å². The van der Waals surface area contributed by atoms with Crippen molar-refractivity contribution in [3.63, 3.8) is 0 Å². The summed E-state index contributed by atoms with van der Waals surface area (Å²) in [5.74, 6) is -14.6. The van der Waals surface area contributed by atoms with Crippen LogP contribution in [0.25, 0.3) is 21.8 Å². The topological polar surface area (TPSA) is 521 Å². The third-order valence-corrected chi connectivity index (χ3v) is 15.1. The quantitative estimate of drug-likeness (QED) is 0.0215. The summed E-state index contributed by atoms with van der Waals surface area (Å²) in [6.07, 6.45) is 0.683. The van der Waals surface area contributed by atoms with Crippen molar-refractivity contribution in [3.8, 4) is 0 Å². The van der Waals surface area contributed by atoms with Gasteiger partial charge < -0.3 is 95.4 Å². The van der Waals surface area contributed by atoms with Gasteiger partial charge in [-0.25, -0.2) is 4.79 Å². The molecular formula is C60H86N14O17. The molecule has 2 aromatic heterocycles. The Balaban J connectivity index is 1.55. The van der Waals surface area contributed by atoms with E-state index in [0.717, 1.165) is 0 Å². The van der Waals surface area contributed by atoms with Crippen molar-refractivity contribution in [1.29, 1.82) is 0 Å². The molecule has 0 spiro atoms. The minimum atomic E-state index is -1.89. The molecule has 31 nitrogen and oxygen atoms in total. The molecule has 0 aliphatic heterocycles. The lowest BCUT2D eigenvalue weighted by Gasteiger charge is -2.27. The number of hydrogen-bond donors (Lipinski definition) is 18. The average molecular weight is 1280 g/mol. The molecule has 2 heterocycles. The minimum absolute atomic E-state index is 0.0175. The molecule has 498 valence electrons. The molecule has 4 rings (SSSR count). The molecule has 0 aliphatic carbocycles. The average Bonchev–Trinajstić information content (AvgIpc) is 1.80. The summed E-state index contributed by atoms with van der Waals surface area (Å²) in [6, 6.07) is 0.429. The van der Waals surface area contributed by atoms with Gasteiger partial charge >= 0.3 is 17.9 Å². The number of primary amides is 1. The van der Waals surface area contributed by atoms with Crippen LogP contribution in [0.1, 0.15) is 109 Å². The van der Waals surface area contributed by atoms with Crippen LogP contribution in [0, 0.1) is 11.8 Å². The molecule has 0 saturated heterocycles. The number of benzene rings is 2. The van der Waals surface area contributed by atoms with Crippen LogP contribution in [-0.4, -0.2) is 181 Å². The van der Waals surface area contributed by atoms with E-state index in [2.05, 4.69) is 57.8 Å². The summed E-state index contributed by atoms with van der Waals surface area (Å²) in [7, 11) is 0. The van der Waals surface area contributed by atoms with Gasteiger partial charge in [-0.05, 0) is 86.6 Å². The first-order valence-corrected chi connectivity index (χ1v) is 30.0. The second kappa shape index (κ2) is 36.9. The zero-order valence-electron chi connectivity index (χ0n) is 51.3. The lowest BCUT2D eigenvalue weighted by atomic mass is 9.97. The molecule has 31 heteroatoms. The van der Waals surface area contributed by atoms with Gasteiger partial charge in [-0.1, -0.05) is 70.5 Å². The predicted octanol–water partition coefficient (Wildman–Crippen LogP) is -1.95. The number of aromatic amines is 2. The van der Waals surface area contributed by atoms with Gasteiger partial charge in [0.2, 0.25) is 59.1 Å². The Kier molecular flexibility index (Phi) is 30.0. The largest absolute Gasteiger partial charge is 0.481 e. The smallest absolute Gasteiger partial charge is 0.326 e. The number of aliphatic hydroxyl groups excluding tert-OH is 1. The summed E-state index contributed by atoms with van der Waals surface area (Å²) in [5, 5.41) is 62.7. The number of para-hydroxylation sites is 2. The molecular weight excluding hydrogens is 1190 g/mol. The lowest BCUT2D eigenvalue weighted by Crippen LogP contribution is -2.60. The first kappa shape index (κ1) is 74.0. The number of unbranched alkanes of at least 4 members (excludes halogenated alkanes) is 1. The van der Waals surface area contributed by atoms with Crippen molar-refractivity contribution in [2.75, 3.05) is 19.7 Å². The summed E-state index contributed by atoms with van der Waals surface area (Å²) in [6.45, 7) is 5.23. The Morgan fingerprint density at radius 3 is 1.36 bits per heavy atom. The van der Waals surface area contributed by atoms with Gasteiger partial charge in [-0.2, -0.15) is 0 Å². The zero-order valence-corrected chi connectivity index (χ0v) is 51.3. The van der Waals surface area contributed by atoms with E-state index in [1.807, 2.05) is 6.92 Å². The fourth-order valence-corrected chi connectivity index (χ4v) is 9.69. The van der Waals surface area contributed by atoms with Gasteiger partial charge in [0.25, 0.3) is 0 Å². The van der Waals surface area contributed by atoms with Gasteiger partial charge in [0, 0.05) is 66.3 Å². The molecule has 21 N–H and O–H groups in total. The molecule has 0 bridgehead atoms. The maximum atomic E-state index is 14.7. The fourth-order valence-electron chi connectivity index (χ4n) is 9.69. The van der Waals surface area contributed by atoms with Crippen LogP contribution in [0.3, 0.4) is 0 Å². The summed E-state index contributed by atoms with van der Waals surface area (Å²) < 4.78 is 0. The van der Waals surface area contributed by atoms with Crippen LogP contribution in [0.2, 0.25) is 0 Å². The van der Waals surface area contributed by atoms with Crippen molar-refractivity contribution < 1.29 is 82.8 Å². The molecule has 0 unspecified atom stereocenters. The number of fused-ring (bicyclic) bond motifs is 2. The Bertz CT molecular complexity index is 3200. The first-order valence-electron chi connectivity index (χ1n) is 30.0. The summed E-state index contributed by atoms with van der Waals surface area (Å²) >= 11 is 0. The zero-order chi connectivity index (χ0) is 67.5. The van der Waals surface area contributed by atoms with E-state index in [9.17, 15) is 82.8 Å². The number of amides is 10. The van der Waals surface area contributed by atoms with Crippen molar-refractivity contribution in [1.82, 2.24) is 57.8 Å². The molecule has 91 heavy (non-hydrogen) atoms. The number of rotatable bonds is 41. The predicted molar refractivity (Wildman–Crippen MR) is 329 cm³/mol. The van der Waals surface area contributed by atoms with Gasteiger partial charge in [0.05, 0.1) is 19.2 Å². The number of H-pyrrole nitrogens is 2. The number of aromatic nitrogens is 2. The number of aliphatic carboxylic acids is 3. The van der Waals surface area contributed by atoms with Crippen molar-refractivity contribution in [2.45, 2.75) is 166 Å². The van der Waals surface area contributed by atoms with E-state index >= 15 is 0 Å². The second-order valence-electron chi connectivity index (χ2n) is 22.6. The molecule has 10 amide bonds. The van der Waals surface area contributed by atoms with Crippen LogP contribution < -0.4 is 65.1 Å². The highest BCUT2D eigenvalue weighted by Gasteiger charge is 2.36. The van der Waals surface area contributed by atoms with Gasteiger partial charge in [0.15, 0.2) is 0 Å². The van der Waals surface area contributed by atoms with Gasteiger partial charge in [0.1, 0.15) is 48.3 Å². The Morgan fingerprint density at radius 1 is 0.505 bits per heavy atom. The molecule has 0 fully saturated rings. The fraction of sp³-hybridized carbons (Fsp3) is 0.517. The number of carbonyl (C=O) groups excluding carboxylic acids is 10. The normalized spacial score (nSPS) is 14.5. The molecule has 0 radical (unpaired) electrons. The standard InChI is InChI=1S/C60H86N14O17/c1-5-32(4)51(63)59(89)73-43(24-31(2)3)56(86)69-41(19-22-50(80)81)54(84)68-40(17-20-47(62)76)55(85)74-46(30-75)52(82)66-29-48(77)67-39(18-21-49(78)79)53(83)71-45(26-34-28-65-38-15-9-7-13-36(34)38)58(88)72-44(25-33-27-64-37-14-8-6-12-35(33)37)57(87)70-42(60(90)91)16-10-11-23-61/h6-9,12-15,27-28,31-32,39-46,51,64-65,75H,5,10-11,16-26,29-30,61,63H2,1-4H3,(H2,62,76)(H,66,82)(H,67,77)(H,68,84)(H,69,86)(H,70,87)(H,71,83)(H,72,88)(H,73,89)(H,74,85)(H,78,79)(H,80,81)(H,90,91)/t32-,39-,40-,41-,42-,43-,44-,45-,46-,51-/m0/s1. The second-order valence-corrected chi connectivity index (χ2v) is 22.6. The highest BCUT2D eigenvalue weighted by molar-refractivity contribution is 5.99. The third kappa shape index (κ3) is 24.1. The SMILES string of the molecule is CC[C@H](C)[C@H](N)C(=O)N[C@@H](CC(C)C)C(=O)N[C@@H](CCC(=O)O)C(=O)N[C@@H](CCC(N)=O)C(=O)N[C@@H](CO)C(=O)NCC(=O)N[C@@H](CCC(=O)O)C(=O)N[C@@H](Cc1c[nH]c2ccccc12)C(=O)N[C@@H](Cc1c[nH]c2ccccc12)C(=O)N[C@@H](CCCCN)C(=O)O. The van der Waals surface area contributed by atoms with Crippen LogP contribution in [0.5, 0.6) is 0 Å². The monoisotopic (exact) mass is 1270 g/mol. The summed E-state index contributed by atoms with van der Waals surface area (Å²) in [5.41, 5.74) is 19.5. The van der Waals surface area contributed by atoms with Crippen LogP contribution in [0.15, 0.2) is 60.9 Å². The van der Waals surface area contributed by atoms with Gasteiger partial charge in [-0.3, -0.25) is 57.5 Å². The number of hydrogen-bond acceptors (Lipinski definition) is 16.